The van der Waals surface area contributed by atoms with Crippen LogP contribution in [0.1, 0.15) is 27.2 Å². The predicted molar refractivity (Wildman–Crippen MR) is 70.8 cm³/mol. The Morgan fingerprint density at radius 2 is 2.06 bits per heavy atom. The Bertz CT molecular complexity index is 194. The molecule has 0 saturated carbocycles. The van der Waals surface area contributed by atoms with Crippen molar-refractivity contribution in [3.05, 3.63) is 0 Å². The van der Waals surface area contributed by atoms with E-state index in [1.165, 1.54) is 19.5 Å². The fourth-order valence-electron chi connectivity index (χ4n) is 2.46. The second kappa shape index (κ2) is 6.58. The number of likely N-dealkylation sites (tertiary alicyclic amines) is 1. The molecule has 0 aromatic heterocycles. The van der Waals surface area contributed by atoms with Crippen LogP contribution in [0.5, 0.6) is 0 Å². The standard InChI is InChI=1S/C13H29N3/c1-6-14-9-11(2)12(3)16-8-7-13(10-16)15(4)5/h11-14H,6-10H2,1-5H3. The van der Waals surface area contributed by atoms with Gasteiger partial charge in [0.15, 0.2) is 0 Å². The van der Waals surface area contributed by atoms with E-state index in [1.54, 1.807) is 0 Å². The summed E-state index contributed by atoms with van der Waals surface area (Å²) in [6.07, 6.45) is 1.32. The lowest BCUT2D eigenvalue weighted by Gasteiger charge is -2.30. The van der Waals surface area contributed by atoms with Crippen LogP contribution in [0.15, 0.2) is 0 Å². The molecule has 3 unspecified atom stereocenters. The van der Waals surface area contributed by atoms with Gasteiger partial charge in [0.2, 0.25) is 0 Å². The SMILES string of the molecule is CCNCC(C)C(C)N1CCC(N(C)C)C1. The Kier molecular flexibility index (Phi) is 5.73. The van der Waals surface area contributed by atoms with Gasteiger partial charge in [-0.05, 0) is 46.4 Å². The first-order valence-electron chi connectivity index (χ1n) is 6.67. The summed E-state index contributed by atoms with van der Waals surface area (Å²) in [5.74, 6) is 0.737. The van der Waals surface area contributed by atoms with Gasteiger partial charge in [-0.25, -0.2) is 0 Å². The Hall–Kier alpha value is -0.120. The van der Waals surface area contributed by atoms with Crippen molar-refractivity contribution in [2.24, 2.45) is 5.92 Å². The summed E-state index contributed by atoms with van der Waals surface area (Å²) in [6.45, 7) is 11.6. The van der Waals surface area contributed by atoms with Gasteiger partial charge in [0.1, 0.15) is 0 Å². The number of nitrogens with one attached hydrogen (secondary N) is 1. The van der Waals surface area contributed by atoms with E-state index in [9.17, 15) is 0 Å². The first-order chi connectivity index (χ1) is 7.56. The van der Waals surface area contributed by atoms with Crippen LogP contribution in [0.4, 0.5) is 0 Å². The Labute approximate surface area is 101 Å². The van der Waals surface area contributed by atoms with Crippen LogP contribution in [0, 0.1) is 5.92 Å². The molecule has 16 heavy (non-hydrogen) atoms. The van der Waals surface area contributed by atoms with Crippen LogP contribution < -0.4 is 5.32 Å². The van der Waals surface area contributed by atoms with Crippen LogP contribution in [0.3, 0.4) is 0 Å². The molecule has 0 aliphatic carbocycles. The molecule has 0 radical (unpaired) electrons. The molecule has 0 aromatic rings. The van der Waals surface area contributed by atoms with E-state index < -0.39 is 0 Å². The first kappa shape index (κ1) is 13.9. The van der Waals surface area contributed by atoms with Crippen molar-refractivity contribution in [3.63, 3.8) is 0 Å². The van der Waals surface area contributed by atoms with E-state index in [0.717, 1.165) is 25.0 Å². The molecule has 0 aromatic carbocycles. The summed E-state index contributed by atoms with van der Waals surface area (Å²) < 4.78 is 0. The molecule has 3 heteroatoms. The Morgan fingerprint density at radius 3 is 2.56 bits per heavy atom. The Morgan fingerprint density at radius 1 is 1.38 bits per heavy atom. The summed E-state index contributed by atoms with van der Waals surface area (Å²) in [6, 6.07) is 1.46. The fraction of sp³-hybridized carbons (Fsp3) is 1.00. The molecule has 96 valence electrons. The molecule has 0 spiro atoms. The van der Waals surface area contributed by atoms with E-state index in [1.807, 2.05) is 0 Å². The molecule has 3 nitrogen and oxygen atoms in total. The van der Waals surface area contributed by atoms with Gasteiger partial charge in [0.05, 0.1) is 0 Å². The highest BCUT2D eigenvalue weighted by atomic mass is 15.2. The highest BCUT2D eigenvalue weighted by molar-refractivity contribution is 4.85. The molecule has 1 heterocycles. The number of rotatable bonds is 6. The van der Waals surface area contributed by atoms with Crippen LogP contribution >= 0.6 is 0 Å². The van der Waals surface area contributed by atoms with Gasteiger partial charge >= 0.3 is 0 Å². The number of nitrogens with zero attached hydrogens (tertiary/aromatic N) is 2. The third kappa shape index (κ3) is 3.72. The third-order valence-electron chi connectivity index (χ3n) is 4.04. The average molecular weight is 227 g/mol. The molecule has 0 bridgehead atoms. The van der Waals surface area contributed by atoms with Crippen molar-refractivity contribution in [1.29, 1.82) is 0 Å². The van der Waals surface area contributed by atoms with E-state index in [4.69, 9.17) is 0 Å². The lowest BCUT2D eigenvalue weighted by atomic mass is 10.0. The molecule has 1 N–H and O–H groups in total. The summed E-state index contributed by atoms with van der Waals surface area (Å²) in [5, 5.41) is 3.45. The Balaban J connectivity index is 2.35. The van der Waals surface area contributed by atoms with Crippen LogP contribution in [-0.2, 0) is 0 Å². The smallest absolute Gasteiger partial charge is 0.0229 e. The monoisotopic (exact) mass is 227 g/mol. The summed E-state index contributed by atoms with van der Waals surface area (Å²) in [5.41, 5.74) is 0. The predicted octanol–water partition coefficient (Wildman–Crippen LogP) is 1.26. The molecular weight excluding hydrogens is 198 g/mol. The van der Waals surface area contributed by atoms with E-state index in [2.05, 4.69) is 50.0 Å². The molecule has 1 aliphatic heterocycles. The molecular formula is C13H29N3. The lowest BCUT2D eigenvalue weighted by Crippen LogP contribution is -2.41. The highest BCUT2D eigenvalue weighted by Gasteiger charge is 2.29. The van der Waals surface area contributed by atoms with Crippen molar-refractivity contribution in [2.45, 2.75) is 39.3 Å². The highest BCUT2D eigenvalue weighted by Crippen LogP contribution is 2.19. The van der Waals surface area contributed by atoms with Crippen LogP contribution in [-0.4, -0.2) is 62.2 Å². The lowest BCUT2D eigenvalue weighted by molar-refractivity contribution is 0.179. The zero-order valence-corrected chi connectivity index (χ0v) is 11.7. The van der Waals surface area contributed by atoms with Crippen molar-refractivity contribution in [3.8, 4) is 0 Å². The van der Waals surface area contributed by atoms with Gasteiger partial charge in [0.25, 0.3) is 0 Å². The maximum absolute atomic E-state index is 3.45. The zero-order chi connectivity index (χ0) is 12.1. The number of hydrogen-bond donors (Lipinski definition) is 1. The van der Waals surface area contributed by atoms with Crippen LogP contribution in [0.25, 0.3) is 0 Å². The zero-order valence-electron chi connectivity index (χ0n) is 11.7. The first-order valence-corrected chi connectivity index (χ1v) is 6.67. The summed E-state index contributed by atoms with van der Waals surface area (Å²) in [4.78, 5) is 5.01. The van der Waals surface area contributed by atoms with Gasteiger partial charge in [-0.15, -0.1) is 0 Å². The van der Waals surface area contributed by atoms with Crippen molar-refractivity contribution in [2.75, 3.05) is 40.3 Å². The van der Waals surface area contributed by atoms with Gasteiger partial charge in [-0.3, -0.25) is 4.90 Å². The van der Waals surface area contributed by atoms with E-state index in [0.29, 0.717) is 6.04 Å². The maximum atomic E-state index is 3.45. The topological polar surface area (TPSA) is 18.5 Å². The molecule has 1 saturated heterocycles. The quantitative estimate of drug-likeness (QED) is 0.737. The number of hydrogen-bond acceptors (Lipinski definition) is 3. The van der Waals surface area contributed by atoms with Gasteiger partial charge in [0, 0.05) is 25.2 Å². The molecule has 1 rings (SSSR count). The summed E-state index contributed by atoms with van der Waals surface area (Å²) >= 11 is 0. The second-order valence-corrected chi connectivity index (χ2v) is 5.43. The second-order valence-electron chi connectivity index (χ2n) is 5.43. The van der Waals surface area contributed by atoms with Crippen LogP contribution in [0.2, 0.25) is 0 Å². The summed E-state index contributed by atoms with van der Waals surface area (Å²) in [7, 11) is 4.39. The van der Waals surface area contributed by atoms with Gasteiger partial charge < -0.3 is 10.2 Å². The van der Waals surface area contributed by atoms with Crippen molar-refractivity contribution >= 4 is 0 Å². The van der Waals surface area contributed by atoms with Gasteiger partial charge in [-0.1, -0.05) is 13.8 Å². The fourth-order valence-corrected chi connectivity index (χ4v) is 2.46. The van der Waals surface area contributed by atoms with Gasteiger partial charge in [-0.2, -0.15) is 0 Å². The molecule has 3 atom stereocenters. The molecule has 0 amide bonds. The minimum absolute atomic E-state index is 0.698. The van der Waals surface area contributed by atoms with E-state index >= 15 is 0 Å². The minimum atomic E-state index is 0.698. The number of likely N-dealkylation sites (N-methyl/N-ethyl adjacent to an activating group) is 1. The third-order valence-corrected chi connectivity index (χ3v) is 4.04. The molecule has 1 fully saturated rings. The van der Waals surface area contributed by atoms with Crippen molar-refractivity contribution < 1.29 is 0 Å². The maximum Gasteiger partial charge on any atom is 0.0229 e. The normalized spacial score (nSPS) is 26.2. The van der Waals surface area contributed by atoms with E-state index in [-0.39, 0.29) is 0 Å². The minimum Gasteiger partial charge on any atom is -0.317 e. The largest absolute Gasteiger partial charge is 0.317 e. The molecule has 1 aliphatic rings. The average Bonchev–Trinajstić information content (AvgIpc) is 2.74. The van der Waals surface area contributed by atoms with Crippen molar-refractivity contribution in [1.82, 2.24) is 15.1 Å².